The van der Waals surface area contributed by atoms with Crippen LogP contribution >= 0.6 is 0 Å². The molecule has 0 saturated carbocycles. The van der Waals surface area contributed by atoms with Gasteiger partial charge < -0.3 is 14.8 Å². The second kappa shape index (κ2) is 9.39. The smallest absolute Gasteiger partial charge is 0.411 e. The number of carbonyl (C=O) groups excluding carboxylic acids is 3. The lowest BCUT2D eigenvalue weighted by atomic mass is 10.0. The van der Waals surface area contributed by atoms with Crippen LogP contribution in [0.5, 0.6) is 5.75 Å². The maximum atomic E-state index is 13.6. The molecule has 0 fully saturated rings. The molecule has 2 aliphatic rings. The number of Topliss-reactive ketones (excluding diaryl/α,β-unsaturated/α-hetero) is 1. The molecule has 1 N–H and O–H groups in total. The van der Waals surface area contributed by atoms with Crippen LogP contribution in [-0.4, -0.2) is 35.8 Å². The normalized spacial score (nSPS) is 17.4. The third-order valence-corrected chi connectivity index (χ3v) is 6.09. The first-order valence-electron chi connectivity index (χ1n) is 11.3. The summed E-state index contributed by atoms with van der Waals surface area (Å²) in [5.74, 6) is 0.225. The molecule has 0 radical (unpaired) electrons. The van der Waals surface area contributed by atoms with Crippen molar-refractivity contribution in [2.75, 3.05) is 18.5 Å². The predicted molar refractivity (Wildman–Crippen MR) is 126 cm³/mol. The van der Waals surface area contributed by atoms with Gasteiger partial charge in [0.1, 0.15) is 18.4 Å². The van der Waals surface area contributed by atoms with Gasteiger partial charge in [0.05, 0.1) is 12.3 Å². The van der Waals surface area contributed by atoms with Crippen molar-refractivity contribution in [3.8, 4) is 5.75 Å². The molecule has 0 spiro atoms. The molecule has 0 aromatic heterocycles. The molecule has 7 nitrogen and oxygen atoms in total. The fourth-order valence-electron chi connectivity index (χ4n) is 4.37. The Morgan fingerprint density at radius 1 is 1.00 bits per heavy atom. The van der Waals surface area contributed by atoms with Gasteiger partial charge in [0, 0.05) is 24.9 Å². The number of fused-ring (bicyclic) bond motifs is 2. The molecule has 2 amide bonds. The van der Waals surface area contributed by atoms with E-state index in [4.69, 9.17) is 9.47 Å². The number of nitrogens with zero attached hydrogens (tertiary/aromatic N) is 1. The van der Waals surface area contributed by atoms with Crippen LogP contribution in [0.3, 0.4) is 0 Å². The average Bonchev–Trinajstić information content (AvgIpc) is 3.34. The molecule has 5 rings (SSSR count). The van der Waals surface area contributed by atoms with Crippen molar-refractivity contribution < 1.29 is 23.9 Å². The largest absolute Gasteiger partial charge is 0.493 e. The monoisotopic (exact) mass is 456 g/mol. The number of ketones is 1. The van der Waals surface area contributed by atoms with Gasteiger partial charge in [-0.3, -0.25) is 14.5 Å². The minimum absolute atomic E-state index is 0.0481. The van der Waals surface area contributed by atoms with Gasteiger partial charge in [0.25, 0.3) is 5.91 Å². The number of para-hydroxylation sites is 1. The number of hydrogen-bond donors (Lipinski definition) is 1. The summed E-state index contributed by atoms with van der Waals surface area (Å²) in [5.41, 5.74) is 3.33. The first kappa shape index (κ1) is 21.7. The first-order valence-corrected chi connectivity index (χ1v) is 11.3. The van der Waals surface area contributed by atoms with E-state index < -0.39 is 18.0 Å². The second-order valence-electron chi connectivity index (χ2n) is 8.31. The number of benzene rings is 3. The number of carbonyl (C=O) groups is 3. The van der Waals surface area contributed by atoms with E-state index in [1.807, 2.05) is 42.5 Å². The highest BCUT2D eigenvalue weighted by molar-refractivity contribution is 6.07. The van der Waals surface area contributed by atoms with Crippen molar-refractivity contribution in [2.45, 2.75) is 25.5 Å². The Balaban J connectivity index is 1.50. The molecule has 2 aliphatic heterocycles. The minimum Gasteiger partial charge on any atom is -0.493 e. The van der Waals surface area contributed by atoms with Gasteiger partial charge >= 0.3 is 6.09 Å². The predicted octanol–water partition coefficient (Wildman–Crippen LogP) is 4.53. The van der Waals surface area contributed by atoms with Crippen molar-refractivity contribution in [2.24, 2.45) is 0 Å². The van der Waals surface area contributed by atoms with Crippen molar-refractivity contribution in [1.82, 2.24) is 4.90 Å². The van der Waals surface area contributed by atoms with E-state index in [2.05, 4.69) is 5.32 Å². The van der Waals surface area contributed by atoms with Crippen LogP contribution in [0.1, 0.15) is 39.5 Å². The highest BCUT2D eigenvalue weighted by atomic mass is 16.6. The van der Waals surface area contributed by atoms with Crippen molar-refractivity contribution in [1.29, 1.82) is 0 Å². The number of rotatable bonds is 3. The lowest BCUT2D eigenvalue weighted by Crippen LogP contribution is -2.42. The Kier molecular flexibility index (Phi) is 5.99. The van der Waals surface area contributed by atoms with Crippen molar-refractivity contribution >= 4 is 23.5 Å². The van der Waals surface area contributed by atoms with Gasteiger partial charge in [-0.15, -0.1) is 0 Å². The second-order valence-corrected chi connectivity index (χ2v) is 8.31. The van der Waals surface area contributed by atoms with Gasteiger partial charge in [-0.2, -0.15) is 0 Å². The van der Waals surface area contributed by atoms with E-state index in [-0.39, 0.29) is 25.4 Å². The molecule has 0 saturated heterocycles. The summed E-state index contributed by atoms with van der Waals surface area (Å²) in [6.07, 6.45) is 0.147. The van der Waals surface area contributed by atoms with Gasteiger partial charge in [-0.05, 0) is 41.0 Å². The molecule has 172 valence electrons. The zero-order valence-corrected chi connectivity index (χ0v) is 18.5. The fourth-order valence-corrected chi connectivity index (χ4v) is 4.37. The van der Waals surface area contributed by atoms with Crippen molar-refractivity contribution in [3.63, 3.8) is 0 Å². The minimum atomic E-state index is -0.965. The van der Waals surface area contributed by atoms with E-state index in [9.17, 15) is 14.4 Å². The summed E-state index contributed by atoms with van der Waals surface area (Å²) < 4.78 is 11.2. The molecule has 3 aromatic rings. The highest BCUT2D eigenvalue weighted by Gasteiger charge is 2.35. The van der Waals surface area contributed by atoms with Crippen LogP contribution in [0.25, 0.3) is 0 Å². The van der Waals surface area contributed by atoms with Gasteiger partial charge in [-0.25, -0.2) is 4.79 Å². The summed E-state index contributed by atoms with van der Waals surface area (Å²) in [4.78, 5) is 41.1. The summed E-state index contributed by atoms with van der Waals surface area (Å²) in [6.45, 7) is 0.698. The SMILES string of the molecule is O=C1CCN(C(=O)OCc2ccccc2)[C@H](c2ccc3c(c2)CCO3)C(=O)Nc2ccccc21. The summed E-state index contributed by atoms with van der Waals surface area (Å²) >= 11 is 0. The van der Waals surface area contributed by atoms with Crippen LogP contribution in [-0.2, 0) is 22.6 Å². The standard InChI is InChI=1S/C27H24N2O5/c30-23-12-14-29(27(32)34-17-18-6-2-1-3-7-18)25(20-10-11-24-19(16-20)13-15-33-24)26(31)28-22-9-5-4-8-21(22)23/h1-11,16,25H,12-15,17H2,(H,28,31)/t25-/m1/s1. The molecular formula is C27H24N2O5. The van der Waals surface area contributed by atoms with E-state index >= 15 is 0 Å². The molecule has 1 atom stereocenters. The van der Waals surface area contributed by atoms with E-state index in [1.165, 1.54) is 4.90 Å². The van der Waals surface area contributed by atoms with E-state index in [0.717, 1.165) is 23.3 Å². The maximum absolute atomic E-state index is 13.6. The summed E-state index contributed by atoms with van der Waals surface area (Å²) in [7, 11) is 0. The third kappa shape index (κ3) is 4.37. The maximum Gasteiger partial charge on any atom is 0.411 e. The Labute approximate surface area is 197 Å². The zero-order chi connectivity index (χ0) is 23.5. The van der Waals surface area contributed by atoms with Crippen LogP contribution in [0, 0.1) is 0 Å². The topological polar surface area (TPSA) is 84.9 Å². The van der Waals surface area contributed by atoms with E-state index in [0.29, 0.717) is 23.4 Å². The van der Waals surface area contributed by atoms with Gasteiger partial charge in [0.2, 0.25) is 0 Å². The van der Waals surface area contributed by atoms with Crippen LogP contribution in [0.15, 0.2) is 72.8 Å². The molecule has 2 heterocycles. The lowest BCUT2D eigenvalue weighted by Gasteiger charge is -2.30. The number of nitrogens with one attached hydrogen (secondary N) is 1. The number of hydrogen-bond acceptors (Lipinski definition) is 5. The summed E-state index contributed by atoms with van der Waals surface area (Å²) in [5, 5.41) is 2.87. The Bertz CT molecular complexity index is 1240. The highest BCUT2D eigenvalue weighted by Crippen LogP contribution is 2.33. The molecule has 0 bridgehead atoms. The number of anilines is 1. The third-order valence-electron chi connectivity index (χ3n) is 6.09. The van der Waals surface area contributed by atoms with Crippen LogP contribution in [0.4, 0.5) is 10.5 Å². The molecule has 7 heteroatoms. The molecule has 34 heavy (non-hydrogen) atoms. The Morgan fingerprint density at radius 2 is 1.79 bits per heavy atom. The van der Waals surface area contributed by atoms with Gasteiger partial charge in [0.15, 0.2) is 5.78 Å². The summed E-state index contributed by atoms with van der Waals surface area (Å²) in [6, 6.07) is 20.8. The number of amides is 2. The average molecular weight is 456 g/mol. The van der Waals surface area contributed by atoms with Crippen LogP contribution in [0.2, 0.25) is 0 Å². The molecule has 0 unspecified atom stereocenters. The first-order chi connectivity index (χ1) is 16.6. The van der Waals surface area contributed by atoms with Crippen molar-refractivity contribution in [3.05, 3.63) is 95.1 Å². The molecule has 3 aromatic carbocycles. The Morgan fingerprint density at radius 3 is 2.65 bits per heavy atom. The fraction of sp³-hybridized carbons (Fsp3) is 0.222. The van der Waals surface area contributed by atoms with Gasteiger partial charge in [-0.1, -0.05) is 48.5 Å². The Hall–Kier alpha value is -4.13. The quantitative estimate of drug-likeness (QED) is 0.626. The lowest BCUT2D eigenvalue weighted by molar-refractivity contribution is -0.121. The van der Waals surface area contributed by atoms with Crippen LogP contribution < -0.4 is 10.1 Å². The zero-order valence-electron chi connectivity index (χ0n) is 18.5. The molecular weight excluding hydrogens is 432 g/mol. The molecule has 0 aliphatic carbocycles. The number of ether oxygens (including phenoxy) is 2. The van der Waals surface area contributed by atoms with E-state index in [1.54, 1.807) is 30.3 Å².